The molecule has 2 saturated heterocycles. The molecule has 1 aromatic carbocycles. The van der Waals surface area contributed by atoms with Crippen molar-refractivity contribution in [3.8, 4) is 0 Å². The van der Waals surface area contributed by atoms with Gasteiger partial charge in [-0.3, -0.25) is 14.4 Å². The molecule has 7 nitrogen and oxygen atoms in total. The smallest absolute Gasteiger partial charge is 0.252 e. The highest BCUT2D eigenvalue weighted by atomic mass is 19.1. The van der Waals surface area contributed by atoms with Crippen molar-refractivity contribution in [1.82, 2.24) is 15.1 Å². The third-order valence-corrected chi connectivity index (χ3v) is 5.33. The molecule has 152 valence electrons. The lowest BCUT2D eigenvalue weighted by Crippen LogP contribution is -2.56. The van der Waals surface area contributed by atoms with E-state index in [4.69, 9.17) is 4.74 Å². The van der Waals surface area contributed by atoms with Crippen molar-refractivity contribution < 1.29 is 23.5 Å². The molecule has 0 bridgehead atoms. The Hall–Kier alpha value is -2.48. The Kier molecular flexibility index (Phi) is 6.28. The van der Waals surface area contributed by atoms with Gasteiger partial charge in [0.25, 0.3) is 5.91 Å². The number of hydrogen-bond donors (Lipinski definition) is 1. The van der Waals surface area contributed by atoms with E-state index in [1.807, 2.05) is 0 Å². The van der Waals surface area contributed by atoms with Crippen molar-refractivity contribution in [2.24, 2.45) is 0 Å². The molecule has 0 saturated carbocycles. The minimum atomic E-state index is -1.03. The average Bonchev–Trinajstić information content (AvgIpc) is 2.69. The zero-order chi connectivity index (χ0) is 20.3. The summed E-state index contributed by atoms with van der Waals surface area (Å²) in [5, 5.41) is 2.71. The molecular weight excluding hydrogens is 365 g/mol. The van der Waals surface area contributed by atoms with E-state index < -0.39 is 29.9 Å². The number of nitrogens with zero attached hydrogens (tertiary/aromatic N) is 2. The van der Waals surface area contributed by atoms with Crippen LogP contribution in [0.2, 0.25) is 0 Å². The van der Waals surface area contributed by atoms with E-state index in [1.165, 1.54) is 23.1 Å². The molecule has 2 aliphatic rings. The highest BCUT2D eigenvalue weighted by molar-refractivity contribution is 5.91. The number of carbonyl (C=O) groups excluding carboxylic acids is 3. The number of ether oxygens (including phenoxy) is 1. The molecule has 2 fully saturated rings. The highest BCUT2D eigenvalue weighted by Crippen LogP contribution is 2.29. The molecule has 0 radical (unpaired) electrons. The summed E-state index contributed by atoms with van der Waals surface area (Å²) in [7, 11) is 1.56. The van der Waals surface area contributed by atoms with Gasteiger partial charge in [0, 0.05) is 20.1 Å². The summed E-state index contributed by atoms with van der Waals surface area (Å²) in [5.74, 6) is -1.38. The van der Waals surface area contributed by atoms with Crippen molar-refractivity contribution in [3.63, 3.8) is 0 Å². The van der Waals surface area contributed by atoms with E-state index >= 15 is 0 Å². The number of nitrogens with one attached hydrogen (secondary N) is 1. The van der Waals surface area contributed by atoms with Crippen LogP contribution >= 0.6 is 0 Å². The van der Waals surface area contributed by atoms with E-state index in [0.29, 0.717) is 18.7 Å². The number of rotatable bonds is 4. The van der Waals surface area contributed by atoms with Crippen LogP contribution in [-0.2, 0) is 19.1 Å². The second-order valence-corrected chi connectivity index (χ2v) is 7.35. The number of morpholine rings is 1. The Morgan fingerprint density at radius 3 is 2.64 bits per heavy atom. The Bertz CT molecular complexity index is 751. The summed E-state index contributed by atoms with van der Waals surface area (Å²) in [4.78, 5) is 40.7. The van der Waals surface area contributed by atoms with Gasteiger partial charge in [-0.1, -0.05) is 12.1 Å². The first kappa shape index (κ1) is 20.3. The lowest BCUT2D eigenvalue weighted by molar-refractivity contribution is -0.163. The number of amides is 3. The van der Waals surface area contributed by atoms with Gasteiger partial charge in [0.05, 0.1) is 6.04 Å². The second kappa shape index (κ2) is 8.68. The van der Waals surface area contributed by atoms with Crippen LogP contribution in [0.15, 0.2) is 24.3 Å². The van der Waals surface area contributed by atoms with Crippen molar-refractivity contribution in [2.45, 2.75) is 44.4 Å². The van der Waals surface area contributed by atoms with E-state index in [1.54, 1.807) is 24.9 Å². The van der Waals surface area contributed by atoms with Gasteiger partial charge in [-0.25, -0.2) is 4.39 Å². The minimum Gasteiger partial charge on any atom is -0.356 e. The molecular formula is C20H26FN3O4. The molecule has 3 unspecified atom stereocenters. The van der Waals surface area contributed by atoms with Gasteiger partial charge in [-0.15, -0.1) is 0 Å². The summed E-state index contributed by atoms with van der Waals surface area (Å²) >= 11 is 0. The fourth-order valence-corrected chi connectivity index (χ4v) is 3.77. The summed E-state index contributed by atoms with van der Waals surface area (Å²) in [6.45, 7) is 2.79. The largest absolute Gasteiger partial charge is 0.356 e. The normalized spacial score (nSPS) is 24.0. The predicted octanol–water partition coefficient (Wildman–Crippen LogP) is 1.24. The standard InChI is InChI=1S/C20H26FN3O4/c1-13(20(27)24-9-4-3-5-10-24)22-19(26)18-17(23(2)16(25)12-28-18)14-7-6-8-15(21)11-14/h6-8,11,13,17-18H,3-5,9-10,12H2,1-2H3,(H,22,26). The first-order valence-corrected chi connectivity index (χ1v) is 9.60. The molecule has 2 aliphatic heterocycles. The Labute approximate surface area is 163 Å². The number of carbonyl (C=O) groups is 3. The molecule has 3 rings (SSSR count). The number of halogens is 1. The van der Waals surface area contributed by atoms with Crippen molar-refractivity contribution in [2.75, 3.05) is 26.7 Å². The van der Waals surface area contributed by atoms with Crippen LogP contribution in [0.25, 0.3) is 0 Å². The van der Waals surface area contributed by atoms with Crippen molar-refractivity contribution in [3.05, 3.63) is 35.6 Å². The fourth-order valence-electron chi connectivity index (χ4n) is 3.77. The van der Waals surface area contributed by atoms with E-state index in [2.05, 4.69) is 5.32 Å². The Morgan fingerprint density at radius 2 is 1.96 bits per heavy atom. The zero-order valence-corrected chi connectivity index (χ0v) is 16.2. The lowest BCUT2D eigenvalue weighted by Gasteiger charge is -2.38. The molecule has 0 spiro atoms. The van der Waals surface area contributed by atoms with Gasteiger partial charge in [0.15, 0.2) is 6.10 Å². The summed E-state index contributed by atoms with van der Waals surface area (Å²) in [6.07, 6.45) is 2.01. The average molecular weight is 391 g/mol. The van der Waals surface area contributed by atoms with E-state index in [0.717, 1.165) is 19.3 Å². The molecule has 28 heavy (non-hydrogen) atoms. The molecule has 1 aromatic rings. The van der Waals surface area contributed by atoms with Gasteiger partial charge in [-0.05, 0) is 43.9 Å². The Balaban J connectivity index is 1.74. The number of likely N-dealkylation sites (tertiary alicyclic amines) is 1. The van der Waals surface area contributed by atoms with Crippen LogP contribution in [0, 0.1) is 5.82 Å². The SMILES string of the molecule is CC(NC(=O)C1OCC(=O)N(C)C1c1cccc(F)c1)C(=O)N1CCCCC1. The molecule has 1 N–H and O–H groups in total. The molecule has 3 amide bonds. The van der Waals surface area contributed by atoms with Gasteiger partial charge >= 0.3 is 0 Å². The third kappa shape index (κ3) is 4.32. The van der Waals surface area contributed by atoms with Crippen LogP contribution in [-0.4, -0.2) is 66.4 Å². The molecule has 0 aliphatic carbocycles. The van der Waals surface area contributed by atoms with Gasteiger partial charge in [-0.2, -0.15) is 0 Å². The van der Waals surface area contributed by atoms with Crippen LogP contribution in [0.4, 0.5) is 4.39 Å². The number of piperidine rings is 1. The topological polar surface area (TPSA) is 79.0 Å². The molecule has 2 heterocycles. The monoisotopic (exact) mass is 391 g/mol. The third-order valence-electron chi connectivity index (χ3n) is 5.33. The van der Waals surface area contributed by atoms with E-state index in [-0.39, 0.29) is 18.4 Å². The van der Waals surface area contributed by atoms with E-state index in [9.17, 15) is 18.8 Å². The number of hydrogen-bond acceptors (Lipinski definition) is 4. The maximum absolute atomic E-state index is 13.7. The fraction of sp³-hybridized carbons (Fsp3) is 0.550. The minimum absolute atomic E-state index is 0.129. The lowest BCUT2D eigenvalue weighted by atomic mass is 9.97. The van der Waals surface area contributed by atoms with Gasteiger partial charge in [0.2, 0.25) is 11.8 Å². The van der Waals surface area contributed by atoms with Crippen LogP contribution in [0.3, 0.4) is 0 Å². The first-order valence-electron chi connectivity index (χ1n) is 9.60. The highest BCUT2D eigenvalue weighted by Gasteiger charge is 2.41. The molecule has 3 atom stereocenters. The van der Waals surface area contributed by atoms with Gasteiger partial charge in [0.1, 0.15) is 18.5 Å². The molecule has 0 aromatic heterocycles. The second-order valence-electron chi connectivity index (χ2n) is 7.35. The van der Waals surface area contributed by atoms with Crippen LogP contribution < -0.4 is 5.32 Å². The maximum atomic E-state index is 13.7. The summed E-state index contributed by atoms with van der Waals surface area (Å²) < 4.78 is 19.2. The molecule has 8 heteroatoms. The van der Waals surface area contributed by atoms with Crippen LogP contribution in [0.5, 0.6) is 0 Å². The van der Waals surface area contributed by atoms with Gasteiger partial charge < -0.3 is 19.9 Å². The van der Waals surface area contributed by atoms with Crippen molar-refractivity contribution >= 4 is 17.7 Å². The predicted molar refractivity (Wildman–Crippen MR) is 99.7 cm³/mol. The maximum Gasteiger partial charge on any atom is 0.252 e. The summed E-state index contributed by atoms with van der Waals surface area (Å²) in [6, 6.07) is 4.28. The zero-order valence-electron chi connectivity index (χ0n) is 16.2. The Morgan fingerprint density at radius 1 is 1.25 bits per heavy atom. The number of benzene rings is 1. The first-order chi connectivity index (χ1) is 13.4. The number of likely N-dealkylation sites (N-methyl/N-ethyl adjacent to an activating group) is 1. The van der Waals surface area contributed by atoms with Crippen LogP contribution in [0.1, 0.15) is 37.8 Å². The quantitative estimate of drug-likeness (QED) is 0.838. The summed E-state index contributed by atoms with van der Waals surface area (Å²) in [5.41, 5.74) is 0.464. The van der Waals surface area contributed by atoms with Crippen molar-refractivity contribution in [1.29, 1.82) is 0 Å².